The zero-order valence-electron chi connectivity index (χ0n) is 11.6. The molecule has 2 rings (SSSR count). The Bertz CT molecular complexity index is 708. The maximum atomic E-state index is 12.5. The summed E-state index contributed by atoms with van der Waals surface area (Å²) in [7, 11) is -3.69. The Balaban J connectivity index is 2.39. The largest absolute Gasteiger partial charge is 0.398 e. The van der Waals surface area contributed by atoms with Gasteiger partial charge < -0.3 is 5.73 Å². The second kappa shape index (κ2) is 5.26. The van der Waals surface area contributed by atoms with E-state index in [0.29, 0.717) is 5.56 Å². The smallest absolute Gasteiger partial charge is 0.243 e. The van der Waals surface area contributed by atoms with Crippen molar-refractivity contribution in [3.63, 3.8) is 0 Å². The van der Waals surface area contributed by atoms with Gasteiger partial charge in [0.25, 0.3) is 0 Å². The number of aryl methyl sites for hydroxylation is 1. The van der Waals surface area contributed by atoms with Gasteiger partial charge in [0.1, 0.15) is 4.90 Å². The number of benzene rings is 1. The van der Waals surface area contributed by atoms with E-state index in [0.717, 1.165) is 11.1 Å². The van der Waals surface area contributed by atoms with Crippen LogP contribution < -0.4 is 10.5 Å². The van der Waals surface area contributed by atoms with E-state index in [1.807, 2.05) is 13.0 Å². The van der Waals surface area contributed by atoms with Crippen LogP contribution in [0.4, 0.5) is 5.69 Å². The molecule has 0 radical (unpaired) electrons. The average molecular weight is 294 g/mol. The lowest BCUT2D eigenvalue weighted by atomic mass is 10.1. The minimum absolute atomic E-state index is 0.146. The molecule has 1 aromatic carbocycles. The highest BCUT2D eigenvalue weighted by Gasteiger charge is 2.24. The van der Waals surface area contributed by atoms with Crippen molar-refractivity contribution in [2.75, 3.05) is 5.73 Å². The fraction of sp³-hybridized carbons (Fsp3) is 0.308. The van der Waals surface area contributed by atoms with Gasteiger partial charge in [0.15, 0.2) is 0 Å². The van der Waals surface area contributed by atoms with Gasteiger partial charge in [0.2, 0.25) is 10.0 Å². The molecule has 7 heteroatoms. The van der Waals surface area contributed by atoms with E-state index >= 15 is 0 Å². The van der Waals surface area contributed by atoms with Crippen molar-refractivity contribution in [1.29, 1.82) is 0 Å². The first-order valence-corrected chi connectivity index (χ1v) is 7.68. The van der Waals surface area contributed by atoms with E-state index < -0.39 is 16.1 Å². The molecule has 0 spiro atoms. The Labute approximate surface area is 118 Å². The normalized spacial score (nSPS) is 13.3. The molecule has 0 saturated carbocycles. The number of aromatic nitrogens is 2. The summed E-state index contributed by atoms with van der Waals surface area (Å²) in [5.41, 5.74) is 8.39. The first-order valence-electron chi connectivity index (χ1n) is 6.19. The van der Waals surface area contributed by atoms with Gasteiger partial charge in [0.05, 0.1) is 11.9 Å². The summed E-state index contributed by atoms with van der Waals surface area (Å²) in [6.45, 7) is 5.36. The highest BCUT2D eigenvalue weighted by molar-refractivity contribution is 7.89. The average Bonchev–Trinajstić information content (AvgIpc) is 2.87. The summed E-state index contributed by atoms with van der Waals surface area (Å²) < 4.78 is 27.6. The third-order valence-electron chi connectivity index (χ3n) is 3.33. The fourth-order valence-corrected chi connectivity index (χ4v) is 3.69. The highest BCUT2D eigenvalue weighted by atomic mass is 32.2. The number of aromatic amines is 1. The number of sulfonamides is 1. The van der Waals surface area contributed by atoms with Crippen molar-refractivity contribution < 1.29 is 8.42 Å². The monoisotopic (exact) mass is 294 g/mol. The van der Waals surface area contributed by atoms with Crippen LogP contribution >= 0.6 is 0 Å². The molecule has 0 amide bonds. The summed E-state index contributed by atoms with van der Waals surface area (Å²) >= 11 is 0. The zero-order valence-corrected chi connectivity index (χ0v) is 12.5. The molecular formula is C13H18N4O2S. The van der Waals surface area contributed by atoms with Crippen LogP contribution in [0.25, 0.3) is 0 Å². The Morgan fingerprint density at radius 1 is 1.35 bits per heavy atom. The molecule has 1 heterocycles. The second-order valence-corrected chi connectivity index (χ2v) is 6.45. The Morgan fingerprint density at radius 3 is 2.65 bits per heavy atom. The van der Waals surface area contributed by atoms with Crippen LogP contribution in [0.5, 0.6) is 0 Å². The van der Waals surface area contributed by atoms with Crippen LogP contribution in [0.1, 0.15) is 29.7 Å². The van der Waals surface area contributed by atoms with E-state index in [-0.39, 0.29) is 10.6 Å². The van der Waals surface area contributed by atoms with Gasteiger partial charge in [-0.05, 0) is 38.0 Å². The Kier molecular flexibility index (Phi) is 3.82. The third kappa shape index (κ3) is 2.68. The van der Waals surface area contributed by atoms with Gasteiger partial charge in [0, 0.05) is 17.8 Å². The molecule has 0 aliphatic heterocycles. The summed E-state index contributed by atoms with van der Waals surface area (Å²) in [5.74, 6) is 0. The number of nitrogens with two attached hydrogens (primary N) is 1. The van der Waals surface area contributed by atoms with E-state index in [2.05, 4.69) is 14.9 Å². The molecule has 0 aliphatic rings. The molecule has 1 atom stereocenters. The predicted octanol–water partition coefficient (Wildman–Crippen LogP) is 1.65. The number of nitrogen functional groups attached to an aromatic ring is 1. The van der Waals surface area contributed by atoms with Crippen molar-refractivity contribution in [2.24, 2.45) is 0 Å². The molecule has 0 saturated heterocycles. The maximum Gasteiger partial charge on any atom is 0.243 e. The molecule has 1 aromatic heterocycles. The maximum absolute atomic E-state index is 12.5. The molecule has 20 heavy (non-hydrogen) atoms. The minimum Gasteiger partial charge on any atom is -0.398 e. The molecule has 0 bridgehead atoms. The van der Waals surface area contributed by atoms with Gasteiger partial charge >= 0.3 is 0 Å². The van der Waals surface area contributed by atoms with Crippen molar-refractivity contribution in [3.05, 3.63) is 41.2 Å². The number of nitrogens with zero attached hydrogens (tertiary/aromatic N) is 1. The first-order chi connectivity index (χ1) is 9.33. The molecule has 108 valence electrons. The Hall–Kier alpha value is -1.86. The lowest BCUT2D eigenvalue weighted by molar-refractivity contribution is 0.566. The Morgan fingerprint density at radius 2 is 2.05 bits per heavy atom. The van der Waals surface area contributed by atoms with Gasteiger partial charge in [-0.3, -0.25) is 5.10 Å². The van der Waals surface area contributed by atoms with Gasteiger partial charge in [-0.2, -0.15) is 5.10 Å². The molecule has 1 unspecified atom stereocenters. The van der Waals surface area contributed by atoms with Crippen LogP contribution in [0.15, 0.2) is 29.4 Å². The van der Waals surface area contributed by atoms with E-state index in [1.165, 1.54) is 0 Å². The molecule has 0 fully saturated rings. The highest BCUT2D eigenvalue weighted by Crippen LogP contribution is 2.26. The summed E-state index contributed by atoms with van der Waals surface area (Å²) in [6.07, 6.45) is 3.24. The van der Waals surface area contributed by atoms with Crippen LogP contribution in [0.3, 0.4) is 0 Å². The molecular weight excluding hydrogens is 276 g/mol. The molecule has 4 N–H and O–H groups in total. The van der Waals surface area contributed by atoms with Gasteiger partial charge in [-0.15, -0.1) is 0 Å². The van der Waals surface area contributed by atoms with Gasteiger partial charge in [-0.1, -0.05) is 6.07 Å². The SMILES string of the molecule is Cc1ccc(N)c(S(=O)(=O)NC(C)c2cn[nH]c2)c1C. The topological polar surface area (TPSA) is 101 Å². The molecule has 2 aromatic rings. The van der Waals surface area contributed by atoms with Crippen LogP contribution in [-0.4, -0.2) is 18.6 Å². The molecule has 0 aliphatic carbocycles. The number of hydrogen-bond acceptors (Lipinski definition) is 4. The van der Waals surface area contributed by atoms with E-state index in [9.17, 15) is 8.42 Å². The summed E-state index contributed by atoms with van der Waals surface area (Å²) in [6, 6.07) is 3.03. The van der Waals surface area contributed by atoms with Crippen LogP contribution in [0.2, 0.25) is 0 Å². The molecule has 6 nitrogen and oxygen atoms in total. The number of H-pyrrole nitrogens is 1. The van der Waals surface area contributed by atoms with Crippen molar-refractivity contribution in [2.45, 2.75) is 31.7 Å². The summed E-state index contributed by atoms with van der Waals surface area (Å²) in [4.78, 5) is 0.146. The fourth-order valence-electron chi connectivity index (χ4n) is 2.03. The quantitative estimate of drug-likeness (QED) is 0.746. The summed E-state index contributed by atoms with van der Waals surface area (Å²) in [5, 5.41) is 6.47. The van der Waals surface area contributed by atoms with Crippen LogP contribution in [-0.2, 0) is 10.0 Å². The standard InChI is InChI=1S/C13H18N4O2S/c1-8-4-5-12(14)13(9(8)2)20(18,19)17-10(3)11-6-15-16-7-11/h4-7,10,17H,14H2,1-3H3,(H,15,16). The second-order valence-electron chi connectivity index (χ2n) is 4.80. The number of hydrogen-bond donors (Lipinski definition) is 3. The predicted molar refractivity (Wildman–Crippen MR) is 77.7 cm³/mol. The number of rotatable bonds is 4. The number of anilines is 1. The number of nitrogens with one attached hydrogen (secondary N) is 2. The third-order valence-corrected chi connectivity index (χ3v) is 5.07. The minimum atomic E-state index is -3.69. The lowest BCUT2D eigenvalue weighted by Gasteiger charge is -2.16. The van der Waals surface area contributed by atoms with E-state index in [4.69, 9.17) is 5.73 Å². The lowest BCUT2D eigenvalue weighted by Crippen LogP contribution is -2.28. The zero-order chi connectivity index (χ0) is 14.9. The van der Waals surface area contributed by atoms with Gasteiger partial charge in [-0.25, -0.2) is 13.1 Å². The van der Waals surface area contributed by atoms with Crippen molar-refractivity contribution in [1.82, 2.24) is 14.9 Å². The van der Waals surface area contributed by atoms with Crippen molar-refractivity contribution in [3.8, 4) is 0 Å². The first kappa shape index (κ1) is 14.5. The van der Waals surface area contributed by atoms with Crippen molar-refractivity contribution >= 4 is 15.7 Å². The van der Waals surface area contributed by atoms with E-state index in [1.54, 1.807) is 32.3 Å². The van der Waals surface area contributed by atoms with Crippen LogP contribution in [0, 0.1) is 13.8 Å².